The van der Waals surface area contributed by atoms with Crippen LogP contribution >= 0.6 is 0 Å². The number of carbonyl (C=O) groups excluding carboxylic acids is 1. The second-order valence-electron chi connectivity index (χ2n) is 7.13. The van der Waals surface area contributed by atoms with Crippen molar-refractivity contribution in [1.29, 1.82) is 0 Å². The maximum absolute atomic E-state index is 12.2. The van der Waals surface area contributed by atoms with Crippen LogP contribution in [0.4, 0.5) is 0 Å². The van der Waals surface area contributed by atoms with Crippen molar-refractivity contribution in [3.8, 4) is 0 Å². The number of hydrogen-bond acceptors (Lipinski definition) is 5. The Labute approximate surface area is 168 Å². The Morgan fingerprint density at radius 1 is 1.07 bits per heavy atom. The first-order chi connectivity index (χ1) is 13.9. The molecule has 9 heteroatoms. The molecule has 2 heterocycles. The Hall–Kier alpha value is -2.91. The molecule has 156 valence electrons. The SMILES string of the molecule is CCNC(=O)CN1CCN([C@H](C(=O)O)c2cn(CC(=O)O)c3ccccc23)CC1. The number of carboxylic acid groups (broad SMARTS) is 2. The minimum absolute atomic E-state index is 0.0347. The van der Waals surface area contributed by atoms with Gasteiger partial charge in [0.1, 0.15) is 12.6 Å². The van der Waals surface area contributed by atoms with Crippen LogP contribution in [-0.4, -0.2) is 81.7 Å². The number of carboxylic acids is 2. The van der Waals surface area contributed by atoms with Gasteiger partial charge in [0.2, 0.25) is 5.91 Å². The van der Waals surface area contributed by atoms with Gasteiger partial charge in [-0.3, -0.25) is 24.2 Å². The monoisotopic (exact) mass is 402 g/mol. The molecule has 1 aliphatic rings. The zero-order valence-corrected chi connectivity index (χ0v) is 16.4. The zero-order valence-electron chi connectivity index (χ0n) is 16.4. The highest BCUT2D eigenvalue weighted by molar-refractivity contribution is 5.90. The molecule has 1 aliphatic heterocycles. The second kappa shape index (κ2) is 9.06. The van der Waals surface area contributed by atoms with E-state index >= 15 is 0 Å². The molecule has 1 aromatic heterocycles. The van der Waals surface area contributed by atoms with Crippen molar-refractivity contribution in [2.75, 3.05) is 39.3 Å². The highest BCUT2D eigenvalue weighted by Crippen LogP contribution is 2.31. The van der Waals surface area contributed by atoms with Crippen LogP contribution in [0.25, 0.3) is 10.9 Å². The van der Waals surface area contributed by atoms with Gasteiger partial charge >= 0.3 is 11.9 Å². The number of nitrogens with zero attached hydrogens (tertiary/aromatic N) is 3. The van der Waals surface area contributed by atoms with E-state index in [-0.39, 0.29) is 12.5 Å². The van der Waals surface area contributed by atoms with Crippen LogP contribution in [0, 0.1) is 0 Å². The van der Waals surface area contributed by atoms with E-state index in [1.807, 2.05) is 28.9 Å². The van der Waals surface area contributed by atoms with Gasteiger partial charge in [-0.2, -0.15) is 0 Å². The van der Waals surface area contributed by atoms with E-state index in [9.17, 15) is 24.6 Å². The lowest BCUT2D eigenvalue weighted by Crippen LogP contribution is -2.51. The predicted octanol–water partition coefficient (Wildman–Crippen LogP) is 0.605. The van der Waals surface area contributed by atoms with Gasteiger partial charge in [0, 0.05) is 55.4 Å². The lowest BCUT2D eigenvalue weighted by atomic mass is 10.0. The van der Waals surface area contributed by atoms with Gasteiger partial charge in [-0.1, -0.05) is 18.2 Å². The summed E-state index contributed by atoms with van der Waals surface area (Å²) in [5, 5.41) is 22.7. The van der Waals surface area contributed by atoms with Crippen LogP contribution in [0.15, 0.2) is 30.5 Å². The molecular weight excluding hydrogens is 376 g/mol. The molecule has 0 bridgehead atoms. The van der Waals surface area contributed by atoms with Crippen molar-refractivity contribution in [3.05, 3.63) is 36.0 Å². The molecule has 29 heavy (non-hydrogen) atoms. The molecule has 0 spiro atoms. The minimum atomic E-state index is -0.983. The third kappa shape index (κ3) is 4.75. The van der Waals surface area contributed by atoms with Gasteiger partial charge in [-0.05, 0) is 13.0 Å². The van der Waals surface area contributed by atoms with Crippen LogP contribution in [0.5, 0.6) is 0 Å². The van der Waals surface area contributed by atoms with Gasteiger partial charge in [-0.25, -0.2) is 0 Å². The minimum Gasteiger partial charge on any atom is -0.480 e. The van der Waals surface area contributed by atoms with Gasteiger partial charge in [0.05, 0.1) is 6.54 Å². The molecule has 2 aromatic rings. The number of rotatable bonds is 8. The van der Waals surface area contributed by atoms with Crippen molar-refractivity contribution in [1.82, 2.24) is 19.7 Å². The summed E-state index contributed by atoms with van der Waals surface area (Å²) in [5.74, 6) is -1.99. The Morgan fingerprint density at radius 3 is 2.38 bits per heavy atom. The highest BCUT2D eigenvalue weighted by atomic mass is 16.4. The molecule has 1 amide bonds. The number of aliphatic carboxylic acids is 2. The average Bonchev–Trinajstić information content (AvgIpc) is 3.01. The van der Waals surface area contributed by atoms with E-state index in [1.165, 1.54) is 0 Å². The van der Waals surface area contributed by atoms with Crippen molar-refractivity contribution < 1.29 is 24.6 Å². The van der Waals surface area contributed by atoms with E-state index in [2.05, 4.69) is 5.32 Å². The number of likely N-dealkylation sites (N-methyl/N-ethyl adjacent to an activating group) is 1. The van der Waals surface area contributed by atoms with Gasteiger partial charge in [0.25, 0.3) is 0 Å². The van der Waals surface area contributed by atoms with Crippen LogP contribution < -0.4 is 5.32 Å². The first-order valence-electron chi connectivity index (χ1n) is 9.66. The molecular formula is C20H26N4O5. The van der Waals surface area contributed by atoms with E-state index in [0.717, 1.165) is 5.39 Å². The molecule has 1 aromatic carbocycles. The largest absolute Gasteiger partial charge is 0.480 e. The van der Waals surface area contributed by atoms with Crippen molar-refractivity contribution in [2.45, 2.75) is 19.5 Å². The van der Waals surface area contributed by atoms with Crippen LogP contribution in [-0.2, 0) is 20.9 Å². The number of aromatic nitrogens is 1. The molecule has 3 rings (SSSR count). The van der Waals surface area contributed by atoms with Crippen LogP contribution in [0.2, 0.25) is 0 Å². The number of hydrogen-bond donors (Lipinski definition) is 3. The smallest absolute Gasteiger partial charge is 0.325 e. The summed E-state index contributed by atoms with van der Waals surface area (Å²) in [5.41, 5.74) is 1.29. The summed E-state index contributed by atoms with van der Waals surface area (Å²) in [7, 11) is 0. The average molecular weight is 402 g/mol. The third-order valence-corrected chi connectivity index (χ3v) is 5.17. The van der Waals surface area contributed by atoms with E-state index in [1.54, 1.807) is 22.9 Å². The van der Waals surface area contributed by atoms with E-state index in [4.69, 9.17) is 0 Å². The third-order valence-electron chi connectivity index (χ3n) is 5.17. The van der Waals surface area contributed by atoms with Crippen LogP contribution in [0.3, 0.4) is 0 Å². The molecule has 1 saturated heterocycles. The molecule has 0 aliphatic carbocycles. The normalized spacial score (nSPS) is 16.6. The summed E-state index contributed by atoms with van der Waals surface area (Å²) in [6, 6.07) is 6.37. The fourth-order valence-corrected chi connectivity index (χ4v) is 3.89. The topological polar surface area (TPSA) is 115 Å². The fraction of sp³-hybridized carbons (Fsp3) is 0.450. The standard InChI is InChI=1S/C20H26N4O5/c1-2-21-17(25)12-22-7-9-23(10-8-22)19(20(28)29)15-11-24(13-18(26)27)16-6-4-3-5-14(15)16/h3-6,11,19H,2,7-10,12-13H2,1H3,(H,21,25)(H,26,27)(H,28,29)/t19-/m0/s1. The number of benzene rings is 1. The number of fused-ring (bicyclic) bond motifs is 1. The molecule has 0 saturated carbocycles. The number of nitrogens with one attached hydrogen (secondary N) is 1. The quantitative estimate of drug-likeness (QED) is 0.592. The number of para-hydroxylation sites is 1. The second-order valence-corrected chi connectivity index (χ2v) is 7.13. The maximum atomic E-state index is 12.2. The molecule has 9 nitrogen and oxygen atoms in total. The Bertz CT molecular complexity index is 901. The predicted molar refractivity (Wildman–Crippen MR) is 107 cm³/mol. The van der Waals surface area contributed by atoms with Crippen molar-refractivity contribution in [3.63, 3.8) is 0 Å². The maximum Gasteiger partial charge on any atom is 0.325 e. The van der Waals surface area contributed by atoms with E-state index < -0.39 is 18.0 Å². The molecule has 0 radical (unpaired) electrons. The van der Waals surface area contributed by atoms with Gasteiger partial charge in [0.15, 0.2) is 0 Å². The zero-order chi connectivity index (χ0) is 21.0. The summed E-state index contributed by atoms with van der Waals surface area (Å²) >= 11 is 0. The first kappa shape index (κ1) is 20.8. The van der Waals surface area contributed by atoms with Gasteiger partial charge in [-0.15, -0.1) is 0 Å². The van der Waals surface area contributed by atoms with Crippen LogP contribution in [0.1, 0.15) is 18.5 Å². The fourth-order valence-electron chi connectivity index (χ4n) is 3.89. The summed E-state index contributed by atoms with van der Waals surface area (Å²) < 4.78 is 1.58. The lowest BCUT2D eigenvalue weighted by Gasteiger charge is -2.37. The Balaban J connectivity index is 1.82. The van der Waals surface area contributed by atoms with Crippen molar-refractivity contribution >= 4 is 28.7 Å². The summed E-state index contributed by atoms with van der Waals surface area (Å²) in [4.78, 5) is 39.1. The van der Waals surface area contributed by atoms with Crippen molar-refractivity contribution in [2.24, 2.45) is 0 Å². The lowest BCUT2D eigenvalue weighted by molar-refractivity contribution is -0.144. The Morgan fingerprint density at radius 2 is 1.76 bits per heavy atom. The molecule has 1 atom stereocenters. The number of carbonyl (C=O) groups is 3. The molecule has 3 N–H and O–H groups in total. The highest BCUT2D eigenvalue weighted by Gasteiger charge is 2.33. The van der Waals surface area contributed by atoms with E-state index in [0.29, 0.717) is 50.3 Å². The first-order valence-corrected chi connectivity index (χ1v) is 9.66. The number of amides is 1. The van der Waals surface area contributed by atoms with Gasteiger partial charge < -0.3 is 20.1 Å². The number of piperazine rings is 1. The summed E-state index contributed by atoms with van der Waals surface area (Å²) in [6.45, 7) is 4.73. The molecule has 0 unspecified atom stereocenters. The molecule has 1 fully saturated rings. The Kier molecular flexibility index (Phi) is 6.50. The summed E-state index contributed by atoms with van der Waals surface area (Å²) in [6.07, 6.45) is 1.64.